The predicted molar refractivity (Wildman–Crippen MR) is 119 cm³/mol. The molecule has 0 radical (unpaired) electrons. The number of aryl methyl sites for hydroxylation is 1. The van der Waals surface area contributed by atoms with Crippen molar-refractivity contribution in [3.63, 3.8) is 0 Å². The van der Waals surface area contributed by atoms with Gasteiger partial charge < -0.3 is 15.1 Å². The Hall–Kier alpha value is -1.36. The standard InChI is InChI=1S/C18H31N7O.HI/c1-5-19-18(20-10-14(2)23(4)15-6-7-15)24-8-9-25(17(26)13-24)16-11-21-22(3)12-16;/h11-12,14-15H,5-10,13H2,1-4H3,(H,19,20);1H. The number of nitrogens with one attached hydrogen (secondary N) is 1. The maximum Gasteiger partial charge on any atom is 0.246 e. The van der Waals surface area contributed by atoms with Gasteiger partial charge in [-0.2, -0.15) is 5.10 Å². The minimum atomic E-state index is 0. The number of rotatable bonds is 6. The second kappa shape index (κ2) is 9.72. The molecular weight excluding hydrogens is 457 g/mol. The lowest BCUT2D eigenvalue weighted by Gasteiger charge is -2.35. The summed E-state index contributed by atoms with van der Waals surface area (Å²) in [4.78, 5) is 23.7. The van der Waals surface area contributed by atoms with Crippen LogP contribution in [0.1, 0.15) is 26.7 Å². The summed E-state index contributed by atoms with van der Waals surface area (Å²) < 4.78 is 1.72. The minimum absolute atomic E-state index is 0. The third kappa shape index (κ3) is 5.56. The van der Waals surface area contributed by atoms with Gasteiger partial charge in [-0.25, -0.2) is 0 Å². The Morgan fingerprint density at radius 1 is 1.44 bits per heavy atom. The van der Waals surface area contributed by atoms with Gasteiger partial charge in [-0.05, 0) is 33.7 Å². The second-order valence-electron chi connectivity index (χ2n) is 7.28. The monoisotopic (exact) mass is 489 g/mol. The molecular formula is C18H32IN7O. The SMILES string of the molecule is CCNC(=NCC(C)N(C)C1CC1)N1CCN(c2cnn(C)c2)C(=O)C1.I. The number of guanidine groups is 1. The van der Waals surface area contributed by atoms with Crippen LogP contribution >= 0.6 is 24.0 Å². The normalized spacial score (nSPS) is 19.3. The smallest absolute Gasteiger partial charge is 0.246 e. The van der Waals surface area contributed by atoms with Gasteiger partial charge in [0.1, 0.15) is 6.54 Å². The van der Waals surface area contributed by atoms with Gasteiger partial charge in [0, 0.05) is 45.0 Å². The zero-order valence-corrected chi connectivity index (χ0v) is 19.1. The molecule has 2 fully saturated rings. The van der Waals surface area contributed by atoms with Gasteiger partial charge in [0.2, 0.25) is 5.91 Å². The lowest BCUT2D eigenvalue weighted by molar-refractivity contribution is -0.120. The molecule has 0 bridgehead atoms. The predicted octanol–water partition coefficient (Wildman–Crippen LogP) is 1.13. The van der Waals surface area contributed by atoms with Crippen molar-refractivity contribution in [2.75, 3.05) is 44.7 Å². The maximum atomic E-state index is 12.6. The summed E-state index contributed by atoms with van der Waals surface area (Å²) >= 11 is 0. The van der Waals surface area contributed by atoms with Crippen LogP contribution in [0.4, 0.5) is 5.69 Å². The molecule has 2 aliphatic rings. The van der Waals surface area contributed by atoms with Gasteiger partial charge in [0.25, 0.3) is 0 Å². The van der Waals surface area contributed by atoms with E-state index in [9.17, 15) is 4.79 Å². The number of aliphatic imine (C=N–C) groups is 1. The Balaban J connectivity index is 0.00000261. The molecule has 1 aliphatic heterocycles. The number of carbonyl (C=O) groups is 1. The molecule has 1 saturated carbocycles. The van der Waals surface area contributed by atoms with Crippen molar-refractivity contribution in [2.24, 2.45) is 12.0 Å². The summed E-state index contributed by atoms with van der Waals surface area (Å²) in [5.74, 6) is 0.917. The molecule has 1 unspecified atom stereocenters. The quantitative estimate of drug-likeness (QED) is 0.369. The number of anilines is 1. The van der Waals surface area contributed by atoms with Crippen molar-refractivity contribution in [2.45, 2.75) is 38.8 Å². The first kappa shape index (κ1) is 21.9. The molecule has 1 aliphatic carbocycles. The largest absolute Gasteiger partial charge is 0.357 e. The first-order valence-electron chi connectivity index (χ1n) is 9.53. The number of halogens is 1. The van der Waals surface area contributed by atoms with Crippen LogP contribution in [0.25, 0.3) is 0 Å². The summed E-state index contributed by atoms with van der Waals surface area (Å²) in [5, 5.41) is 7.50. The third-order valence-corrected chi connectivity index (χ3v) is 5.18. The van der Waals surface area contributed by atoms with Crippen LogP contribution in [0, 0.1) is 0 Å². The fourth-order valence-corrected chi connectivity index (χ4v) is 3.29. The topological polar surface area (TPSA) is 69.0 Å². The van der Waals surface area contributed by atoms with E-state index in [1.165, 1.54) is 12.8 Å². The fourth-order valence-electron chi connectivity index (χ4n) is 3.29. The number of piperazine rings is 1. The van der Waals surface area contributed by atoms with Crippen molar-refractivity contribution in [1.82, 2.24) is 24.9 Å². The van der Waals surface area contributed by atoms with E-state index in [2.05, 4.69) is 41.1 Å². The molecule has 3 rings (SSSR count). The van der Waals surface area contributed by atoms with Crippen molar-refractivity contribution in [1.29, 1.82) is 0 Å². The van der Waals surface area contributed by atoms with Gasteiger partial charge in [0.15, 0.2) is 5.96 Å². The van der Waals surface area contributed by atoms with Gasteiger partial charge in [-0.15, -0.1) is 24.0 Å². The van der Waals surface area contributed by atoms with E-state index >= 15 is 0 Å². The van der Waals surface area contributed by atoms with Crippen LogP contribution in [0.2, 0.25) is 0 Å². The summed E-state index contributed by atoms with van der Waals surface area (Å²) in [5.41, 5.74) is 0.860. The van der Waals surface area contributed by atoms with Crippen molar-refractivity contribution >= 4 is 41.5 Å². The summed E-state index contributed by atoms with van der Waals surface area (Å²) in [7, 11) is 4.04. The second-order valence-corrected chi connectivity index (χ2v) is 7.28. The van der Waals surface area contributed by atoms with Gasteiger partial charge in [0.05, 0.1) is 18.4 Å². The van der Waals surface area contributed by atoms with Gasteiger partial charge in [-0.1, -0.05) is 0 Å². The average molecular weight is 489 g/mol. The highest BCUT2D eigenvalue weighted by Gasteiger charge is 2.30. The lowest BCUT2D eigenvalue weighted by atomic mass is 10.3. The molecule has 1 atom stereocenters. The number of hydrogen-bond acceptors (Lipinski definition) is 4. The Kier molecular flexibility index (Phi) is 7.90. The van der Waals surface area contributed by atoms with E-state index in [4.69, 9.17) is 4.99 Å². The molecule has 0 spiro atoms. The molecule has 8 nitrogen and oxygen atoms in total. The first-order valence-corrected chi connectivity index (χ1v) is 9.53. The lowest BCUT2D eigenvalue weighted by Crippen LogP contribution is -2.55. The number of carbonyl (C=O) groups excluding carboxylic acids is 1. The number of likely N-dealkylation sites (N-methyl/N-ethyl adjacent to an activating group) is 1. The summed E-state index contributed by atoms with van der Waals surface area (Å²) in [6.07, 6.45) is 6.22. The Morgan fingerprint density at radius 2 is 2.19 bits per heavy atom. The van der Waals surface area contributed by atoms with Crippen LogP contribution in [-0.4, -0.2) is 83.3 Å². The van der Waals surface area contributed by atoms with Crippen LogP contribution in [-0.2, 0) is 11.8 Å². The summed E-state index contributed by atoms with van der Waals surface area (Å²) in [6.45, 7) is 7.56. The van der Waals surface area contributed by atoms with Crippen LogP contribution in [0.3, 0.4) is 0 Å². The molecule has 1 aromatic rings. The molecule has 1 amide bonds. The maximum absolute atomic E-state index is 12.6. The highest BCUT2D eigenvalue weighted by atomic mass is 127. The number of amides is 1. The van der Waals surface area contributed by atoms with E-state index in [-0.39, 0.29) is 29.9 Å². The van der Waals surface area contributed by atoms with Crippen molar-refractivity contribution < 1.29 is 4.79 Å². The molecule has 1 aromatic heterocycles. The van der Waals surface area contributed by atoms with E-state index in [1.54, 1.807) is 15.8 Å². The van der Waals surface area contributed by atoms with E-state index in [1.807, 2.05) is 13.2 Å². The number of nitrogens with zero attached hydrogens (tertiary/aromatic N) is 6. The minimum Gasteiger partial charge on any atom is -0.357 e. The van der Waals surface area contributed by atoms with E-state index < -0.39 is 0 Å². The molecule has 152 valence electrons. The van der Waals surface area contributed by atoms with Gasteiger partial charge in [-0.3, -0.25) is 19.4 Å². The fraction of sp³-hybridized carbons (Fsp3) is 0.722. The zero-order valence-electron chi connectivity index (χ0n) is 16.8. The van der Waals surface area contributed by atoms with E-state index in [0.29, 0.717) is 19.1 Å². The van der Waals surface area contributed by atoms with Crippen LogP contribution in [0.15, 0.2) is 17.4 Å². The Morgan fingerprint density at radius 3 is 2.74 bits per heavy atom. The molecule has 9 heteroatoms. The van der Waals surface area contributed by atoms with Crippen LogP contribution < -0.4 is 10.2 Å². The highest BCUT2D eigenvalue weighted by Crippen LogP contribution is 2.27. The van der Waals surface area contributed by atoms with Gasteiger partial charge >= 0.3 is 0 Å². The number of aromatic nitrogens is 2. The molecule has 0 aromatic carbocycles. The molecule has 1 saturated heterocycles. The third-order valence-electron chi connectivity index (χ3n) is 5.18. The first-order chi connectivity index (χ1) is 12.5. The highest BCUT2D eigenvalue weighted by molar-refractivity contribution is 14.0. The molecule has 2 heterocycles. The molecule has 27 heavy (non-hydrogen) atoms. The molecule has 1 N–H and O–H groups in total. The zero-order chi connectivity index (χ0) is 18.7. The summed E-state index contributed by atoms with van der Waals surface area (Å²) in [6, 6.07) is 1.14. The van der Waals surface area contributed by atoms with Crippen molar-refractivity contribution in [3.8, 4) is 0 Å². The average Bonchev–Trinajstić information content (AvgIpc) is 3.39. The number of hydrogen-bond donors (Lipinski definition) is 1. The van der Waals surface area contributed by atoms with Crippen LogP contribution in [0.5, 0.6) is 0 Å². The Bertz CT molecular complexity index is 658. The van der Waals surface area contributed by atoms with E-state index in [0.717, 1.165) is 37.3 Å². The van der Waals surface area contributed by atoms with Crippen molar-refractivity contribution in [3.05, 3.63) is 12.4 Å². The Labute approximate surface area is 179 Å².